The van der Waals surface area contributed by atoms with Crippen molar-refractivity contribution >= 4 is 15.9 Å². The zero-order chi connectivity index (χ0) is 15.5. The second-order valence-corrected chi connectivity index (χ2v) is 7.06. The first-order valence-corrected chi connectivity index (χ1v) is 8.43. The van der Waals surface area contributed by atoms with E-state index in [1.54, 1.807) is 18.2 Å². The van der Waals surface area contributed by atoms with Gasteiger partial charge in [-0.2, -0.15) is 4.31 Å². The summed E-state index contributed by atoms with van der Waals surface area (Å²) in [6.45, 7) is 2.72. The maximum Gasteiger partial charge on any atom is 0.243 e. The van der Waals surface area contributed by atoms with E-state index in [1.807, 2.05) is 20.0 Å². The van der Waals surface area contributed by atoms with Crippen LogP contribution in [0.3, 0.4) is 0 Å². The SMILES string of the molecule is CNC(C)c1cccc(S(=O)(=O)N2CCCNC(=O)C2)c1. The number of amides is 1. The number of hydrogen-bond donors (Lipinski definition) is 2. The smallest absolute Gasteiger partial charge is 0.243 e. The first kappa shape index (κ1) is 15.9. The Labute approximate surface area is 125 Å². The van der Waals surface area contributed by atoms with Gasteiger partial charge in [0.05, 0.1) is 11.4 Å². The number of benzene rings is 1. The maximum absolute atomic E-state index is 12.7. The van der Waals surface area contributed by atoms with Gasteiger partial charge in [-0.25, -0.2) is 8.42 Å². The van der Waals surface area contributed by atoms with Crippen LogP contribution < -0.4 is 10.6 Å². The van der Waals surface area contributed by atoms with Crippen molar-refractivity contribution in [3.8, 4) is 0 Å². The molecule has 1 unspecified atom stereocenters. The maximum atomic E-state index is 12.7. The lowest BCUT2D eigenvalue weighted by molar-refractivity contribution is -0.120. The molecule has 1 aliphatic rings. The highest BCUT2D eigenvalue weighted by Crippen LogP contribution is 2.21. The van der Waals surface area contributed by atoms with Crippen LogP contribution in [-0.2, 0) is 14.8 Å². The second-order valence-electron chi connectivity index (χ2n) is 5.12. The van der Waals surface area contributed by atoms with Gasteiger partial charge >= 0.3 is 0 Å². The van der Waals surface area contributed by atoms with E-state index >= 15 is 0 Å². The fourth-order valence-corrected chi connectivity index (χ4v) is 3.73. The van der Waals surface area contributed by atoms with Crippen LogP contribution >= 0.6 is 0 Å². The minimum Gasteiger partial charge on any atom is -0.355 e. The fraction of sp³-hybridized carbons (Fsp3) is 0.500. The van der Waals surface area contributed by atoms with Crippen molar-refractivity contribution in [2.75, 3.05) is 26.7 Å². The Morgan fingerprint density at radius 1 is 1.38 bits per heavy atom. The number of carbonyl (C=O) groups excluding carboxylic acids is 1. The molecule has 1 amide bonds. The molecule has 1 aliphatic heterocycles. The zero-order valence-electron chi connectivity index (χ0n) is 12.3. The highest BCUT2D eigenvalue weighted by atomic mass is 32.2. The molecular weight excluding hydrogens is 290 g/mol. The second kappa shape index (κ2) is 6.55. The summed E-state index contributed by atoms with van der Waals surface area (Å²) in [5, 5.41) is 5.77. The van der Waals surface area contributed by atoms with Crippen molar-refractivity contribution in [1.82, 2.24) is 14.9 Å². The molecule has 0 aromatic heterocycles. The molecule has 1 heterocycles. The summed E-state index contributed by atoms with van der Waals surface area (Å²) in [6, 6.07) is 6.92. The van der Waals surface area contributed by atoms with E-state index in [4.69, 9.17) is 0 Å². The molecule has 1 saturated heterocycles. The third-order valence-corrected chi connectivity index (χ3v) is 5.50. The molecule has 0 bridgehead atoms. The number of nitrogens with zero attached hydrogens (tertiary/aromatic N) is 1. The van der Waals surface area contributed by atoms with Gasteiger partial charge in [0.1, 0.15) is 0 Å². The summed E-state index contributed by atoms with van der Waals surface area (Å²) in [5.41, 5.74) is 0.901. The van der Waals surface area contributed by atoms with Crippen molar-refractivity contribution in [3.05, 3.63) is 29.8 Å². The van der Waals surface area contributed by atoms with Crippen molar-refractivity contribution in [1.29, 1.82) is 0 Å². The largest absolute Gasteiger partial charge is 0.355 e. The summed E-state index contributed by atoms with van der Waals surface area (Å²) < 4.78 is 26.6. The first-order valence-electron chi connectivity index (χ1n) is 6.99. The third kappa shape index (κ3) is 3.61. The minimum absolute atomic E-state index is 0.0626. The van der Waals surface area contributed by atoms with E-state index in [0.717, 1.165) is 5.56 Å². The molecule has 1 atom stereocenters. The van der Waals surface area contributed by atoms with Gasteiger partial charge in [-0.15, -0.1) is 0 Å². The number of carbonyl (C=O) groups is 1. The van der Waals surface area contributed by atoms with Gasteiger partial charge in [0.15, 0.2) is 0 Å². The molecule has 21 heavy (non-hydrogen) atoms. The van der Waals surface area contributed by atoms with E-state index in [9.17, 15) is 13.2 Å². The van der Waals surface area contributed by atoms with E-state index < -0.39 is 10.0 Å². The minimum atomic E-state index is -3.64. The van der Waals surface area contributed by atoms with Crippen LogP contribution in [0.1, 0.15) is 24.9 Å². The third-order valence-electron chi connectivity index (χ3n) is 3.66. The summed E-state index contributed by atoms with van der Waals surface area (Å²) in [4.78, 5) is 11.8. The molecule has 2 N–H and O–H groups in total. The van der Waals surface area contributed by atoms with Gasteiger partial charge in [0.2, 0.25) is 15.9 Å². The Balaban J connectivity index is 2.32. The van der Waals surface area contributed by atoms with Crippen LogP contribution in [0.5, 0.6) is 0 Å². The lowest BCUT2D eigenvalue weighted by Gasteiger charge is -2.20. The van der Waals surface area contributed by atoms with Gasteiger partial charge in [0.25, 0.3) is 0 Å². The Kier molecular flexibility index (Phi) is 4.97. The van der Waals surface area contributed by atoms with E-state index in [2.05, 4.69) is 10.6 Å². The highest BCUT2D eigenvalue weighted by molar-refractivity contribution is 7.89. The van der Waals surface area contributed by atoms with Gasteiger partial charge < -0.3 is 10.6 Å². The summed E-state index contributed by atoms with van der Waals surface area (Å²) >= 11 is 0. The number of hydrogen-bond acceptors (Lipinski definition) is 4. The summed E-state index contributed by atoms with van der Waals surface area (Å²) in [6.07, 6.45) is 0.623. The zero-order valence-corrected chi connectivity index (χ0v) is 13.1. The molecule has 2 rings (SSSR count). The van der Waals surface area contributed by atoms with Crippen LogP contribution in [0, 0.1) is 0 Å². The van der Waals surface area contributed by atoms with Crippen LogP contribution in [0.15, 0.2) is 29.2 Å². The lowest BCUT2D eigenvalue weighted by Crippen LogP contribution is -2.37. The molecule has 0 spiro atoms. The fourth-order valence-electron chi connectivity index (χ4n) is 2.24. The van der Waals surface area contributed by atoms with Crippen molar-refractivity contribution in [2.24, 2.45) is 0 Å². The van der Waals surface area contributed by atoms with E-state index in [0.29, 0.717) is 19.5 Å². The molecule has 7 heteroatoms. The Bertz CT molecular complexity index is 616. The standard InChI is InChI=1S/C14H21N3O3S/c1-11(15-2)12-5-3-6-13(9-12)21(19,20)17-8-4-7-16-14(18)10-17/h3,5-6,9,11,15H,4,7-8,10H2,1-2H3,(H,16,18). The number of nitrogens with one attached hydrogen (secondary N) is 2. The van der Waals surface area contributed by atoms with Crippen LogP contribution in [0.25, 0.3) is 0 Å². The average Bonchev–Trinajstić information content (AvgIpc) is 2.71. The van der Waals surface area contributed by atoms with Crippen LogP contribution in [0.4, 0.5) is 0 Å². The first-order chi connectivity index (χ1) is 9.95. The Morgan fingerprint density at radius 3 is 2.86 bits per heavy atom. The Hall–Kier alpha value is -1.44. The molecule has 0 aliphatic carbocycles. The normalized spacial score (nSPS) is 18.9. The molecular formula is C14H21N3O3S. The topological polar surface area (TPSA) is 78.5 Å². The Morgan fingerprint density at radius 2 is 2.14 bits per heavy atom. The quantitative estimate of drug-likeness (QED) is 0.848. The molecule has 1 aromatic carbocycles. The highest BCUT2D eigenvalue weighted by Gasteiger charge is 2.28. The summed E-state index contributed by atoms with van der Waals surface area (Å²) in [5.74, 6) is -0.254. The van der Waals surface area contributed by atoms with Crippen molar-refractivity contribution < 1.29 is 13.2 Å². The number of sulfonamides is 1. The van der Waals surface area contributed by atoms with Gasteiger partial charge in [-0.05, 0) is 38.1 Å². The average molecular weight is 311 g/mol. The molecule has 1 aromatic rings. The van der Waals surface area contributed by atoms with E-state index in [-0.39, 0.29) is 23.4 Å². The monoisotopic (exact) mass is 311 g/mol. The predicted molar refractivity (Wildman–Crippen MR) is 80.3 cm³/mol. The number of rotatable bonds is 4. The molecule has 0 radical (unpaired) electrons. The molecule has 1 fully saturated rings. The molecule has 6 nitrogen and oxygen atoms in total. The lowest BCUT2D eigenvalue weighted by atomic mass is 10.1. The van der Waals surface area contributed by atoms with Gasteiger partial charge in [-0.3, -0.25) is 4.79 Å². The van der Waals surface area contributed by atoms with Gasteiger partial charge in [0, 0.05) is 19.1 Å². The molecule has 116 valence electrons. The summed E-state index contributed by atoms with van der Waals surface area (Å²) in [7, 11) is -1.81. The molecule has 0 saturated carbocycles. The van der Waals surface area contributed by atoms with Crippen LogP contribution in [-0.4, -0.2) is 45.3 Å². The van der Waals surface area contributed by atoms with E-state index in [1.165, 1.54) is 4.31 Å². The van der Waals surface area contributed by atoms with Gasteiger partial charge in [-0.1, -0.05) is 12.1 Å². The van der Waals surface area contributed by atoms with Crippen molar-refractivity contribution in [3.63, 3.8) is 0 Å². The predicted octanol–water partition coefficient (Wildman–Crippen LogP) is 0.478. The van der Waals surface area contributed by atoms with Crippen LogP contribution in [0.2, 0.25) is 0 Å². The van der Waals surface area contributed by atoms with Crippen molar-refractivity contribution in [2.45, 2.75) is 24.3 Å².